The lowest BCUT2D eigenvalue weighted by atomic mass is 10.2. The van der Waals surface area contributed by atoms with Crippen molar-refractivity contribution < 1.29 is 13.7 Å². The van der Waals surface area contributed by atoms with Gasteiger partial charge in [0.1, 0.15) is 17.5 Å². The van der Waals surface area contributed by atoms with Gasteiger partial charge in [0.25, 0.3) is 5.69 Å². The molecule has 5 nitrogen and oxygen atoms in total. The Bertz CT molecular complexity index is 809. The van der Waals surface area contributed by atoms with E-state index in [1.807, 2.05) is 0 Å². The smallest absolute Gasteiger partial charge is 0.271 e. The lowest BCUT2D eigenvalue weighted by molar-refractivity contribution is -0.384. The summed E-state index contributed by atoms with van der Waals surface area (Å²) in [4.78, 5) is 16.9. The number of aromatic nitrogens is 2. The second-order valence-electron chi connectivity index (χ2n) is 4.14. The maximum atomic E-state index is 13.7. The number of halogens is 2. The van der Waals surface area contributed by atoms with Crippen molar-refractivity contribution in [3.05, 3.63) is 58.1 Å². The fourth-order valence-electron chi connectivity index (χ4n) is 1.95. The summed E-state index contributed by atoms with van der Waals surface area (Å²) in [7, 11) is 0. The van der Waals surface area contributed by atoms with Gasteiger partial charge in [-0.25, -0.2) is 13.8 Å². The second-order valence-corrected chi connectivity index (χ2v) is 4.14. The van der Waals surface area contributed by atoms with Crippen LogP contribution in [0.3, 0.4) is 0 Å². The van der Waals surface area contributed by atoms with Crippen LogP contribution in [-0.2, 0) is 0 Å². The van der Waals surface area contributed by atoms with Crippen molar-refractivity contribution in [3.63, 3.8) is 0 Å². The van der Waals surface area contributed by atoms with Crippen LogP contribution in [-0.4, -0.2) is 14.9 Å². The van der Waals surface area contributed by atoms with E-state index in [9.17, 15) is 18.9 Å². The van der Waals surface area contributed by atoms with E-state index in [-0.39, 0.29) is 22.6 Å². The molecule has 0 aliphatic rings. The highest BCUT2D eigenvalue weighted by Gasteiger charge is 2.16. The molecular formula is C13H7F2N3O2. The highest BCUT2D eigenvalue weighted by atomic mass is 19.1. The molecule has 20 heavy (non-hydrogen) atoms. The Kier molecular flexibility index (Phi) is 2.67. The van der Waals surface area contributed by atoms with Crippen molar-refractivity contribution in [1.82, 2.24) is 9.97 Å². The van der Waals surface area contributed by atoms with E-state index in [1.165, 1.54) is 24.3 Å². The summed E-state index contributed by atoms with van der Waals surface area (Å²) in [5, 5.41) is 10.7. The molecule has 0 atom stereocenters. The van der Waals surface area contributed by atoms with Crippen LogP contribution in [0.4, 0.5) is 14.5 Å². The minimum atomic E-state index is -0.751. The number of nitro benzene ring substituents is 1. The molecule has 100 valence electrons. The minimum absolute atomic E-state index is 0.00361. The maximum Gasteiger partial charge on any atom is 0.271 e. The topological polar surface area (TPSA) is 71.8 Å². The number of rotatable bonds is 2. The number of benzene rings is 2. The van der Waals surface area contributed by atoms with E-state index < -0.39 is 16.6 Å². The van der Waals surface area contributed by atoms with Crippen molar-refractivity contribution >= 4 is 16.7 Å². The first-order valence-electron chi connectivity index (χ1n) is 5.65. The zero-order valence-electron chi connectivity index (χ0n) is 9.93. The number of hydrogen-bond acceptors (Lipinski definition) is 3. The molecule has 3 rings (SSSR count). The van der Waals surface area contributed by atoms with Crippen LogP contribution in [0.2, 0.25) is 0 Å². The third-order valence-electron chi connectivity index (χ3n) is 2.88. The third-order valence-corrected chi connectivity index (χ3v) is 2.88. The Morgan fingerprint density at radius 1 is 1.15 bits per heavy atom. The second kappa shape index (κ2) is 4.37. The quantitative estimate of drug-likeness (QED) is 0.575. The van der Waals surface area contributed by atoms with Gasteiger partial charge in [0.15, 0.2) is 0 Å². The van der Waals surface area contributed by atoms with Gasteiger partial charge < -0.3 is 4.98 Å². The Morgan fingerprint density at radius 3 is 2.50 bits per heavy atom. The monoisotopic (exact) mass is 275 g/mol. The van der Waals surface area contributed by atoms with Crippen molar-refractivity contribution in [2.45, 2.75) is 0 Å². The van der Waals surface area contributed by atoms with Gasteiger partial charge in [-0.1, -0.05) is 6.07 Å². The number of hydrogen-bond donors (Lipinski definition) is 1. The summed E-state index contributed by atoms with van der Waals surface area (Å²) in [5.41, 5.74) is 0.320. The van der Waals surface area contributed by atoms with E-state index in [0.717, 1.165) is 12.1 Å². The molecule has 0 spiro atoms. The van der Waals surface area contributed by atoms with Crippen molar-refractivity contribution in [3.8, 4) is 11.4 Å². The van der Waals surface area contributed by atoms with Crippen LogP contribution in [0.5, 0.6) is 0 Å². The summed E-state index contributed by atoms with van der Waals surface area (Å²) in [6.45, 7) is 0. The minimum Gasteiger partial charge on any atom is -0.338 e. The number of imidazole rings is 1. The number of nitrogens with zero attached hydrogens (tertiary/aromatic N) is 2. The lowest BCUT2D eigenvalue weighted by Gasteiger charge is -1.99. The van der Waals surface area contributed by atoms with Gasteiger partial charge in [0.05, 0.1) is 21.5 Å². The molecule has 0 saturated heterocycles. The molecule has 1 heterocycles. The molecule has 1 aromatic heterocycles. The van der Waals surface area contributed by atoms with E-state index >= 15 is 0 Å². The fraction of sp³-hybridized carbons (Fsp3) is 0. The van der Waals surface area contributed by atoms with E-state index in [1.54, 1.807) is 0 Å². The number of nitrogens with one attached hydrogen (secondary N) is 1. The summed E-state index contributed by atoms with van der Waals surface area (Å²) in [6, 6.07) is 7.47. The standard InChI is InChI=1S/C13H7F2N3O2/c14-8-2-1-3-9(15)12(8)13-16-10-5-4-7(18(19)20)6-11(10)17-13/h1-6H,(H,16,17). The molecule has 7 heteroatoms. The number of fused-ring (bicyclic) bond motifs is 1. The molecule has 1 N–H and O–H groups in total. The summed E-state index contributed by atoms with van der Waals surface area (Å²) >= 11 is 0. The summed E-state index contributed by atoms with van der Waals surface area (Å²) < 4.78 is 27.3. The first-order valence-corrected chi connectivity index (χ1v) is 5.65. The molecular weight excluding hydrogens is 268 g/mol. The van der Waals surface area contributed by atoms with Crippen LogP contribution >= 0.6 is 0 Å². The van der Waals surface area contributed by atoms with Gasteiger partial charge in [-0.2, -0.15) is 0 Å². The number of aromatic amines is 1. The average Bonchev–Trinajstić information content (AvgIpc) is 2.80. The first kappa shape index (κ1) is 12.2. The van der Waals surface area contributed by atoms with Gasteiger partial charge in [-0.05, 0) is 18.2 Å². The molecule has 0 aliphatic heterocycles. The predicted octanol–water partition coefficient (Wildman–Crippen LogP) is 3.42. The number of H-pyrrole nitrogens is 1. The van der Waals surface area contributed by atoms with Gasteiger partial charge >= 0.3 is 0 Å². The Labute approximate surface area is 111 Å². The lowest BCUT2D eigenvalue weighted by Crippen LogP contribution is -1.90. The van der Waals surface area contributed by atoms with Crippen LogP contribution in [0.15, 0.2) is 36.4 Å². The highest BCUT2D eigenvalue weighted by molar-refractivity contribution is 5.81. The van der Waals surface area contributed by atoms with Gasteiger partial charge in [-0.3, -0.25) is 10.1 Å². The Morgan fingerprint density at radius 2 is 1.85 bits per heavy atom. The zero-order valence-corrected chi connectivity index (χ0v) is 9.93. The predicted molar refractivity (Wildman–Crippen MR) is 68.1 cm³/mol. The van der Waals surface area contributed by atoms with Crippen LogP contribution in [0.25, 0.3) is 22.4 Å². The van der Waals surface area contributed by atoms with Crippen molar-refractivity contribution in [2.75, 3.05) is 0 Å². The van der Waals surface area contributed by atoms with Crippen LogP contribution < -0.4 is 0 Å². The average molecular weight is 275 g/mol. The highest BCUT2D eigenvalue weighted by Crippen LogP contribution is 2.27. The van der Waals surface area contributed by atoms with Crippen molar-refractivity contribution in [1.29, 1.82) is 0 Å². The number of nitro groups is 1. The van der Waals surface area contributed by atoms with Gasteiger partial charge in [-0.15, -0.1) is 0 Å². The van der Waals surface area contributed by atoms with Crippen molar-refractivity contribution in [2.24, 2.45) is 0 Å². The van der Waals surface area contributed by atoms with Crippen LogP contribution in [0, 0.1) is 21.7 Å². The summed E-state index contributed by atoms with van der Waals surface area (Å²) in [6.07, 6.45) is 0. The first-order chi connectivity index (χ1) is 9.56. The van der Waals surface area contributed by atoms with E-state index in [0.29, 0.717) is 5.52 Å². The summed E-state index contributed by atoms with van der Waals surface area (Å²) in [5.74, 6) is -1.51. The molecule has 0 amide bonds. The molecule has 0 bridgehead atoms. The normalized spacial score (nSPS) is 10.9. The molecule has 0 saturated carbocycles. The fourth-order valence-corrected chi connectivity index (χ4v) is 1.95. The molecule has 0 fully saturated rings. The third kappa shape index (κ3) is 1.89. The Hall–Kier alpha value is -2.83. The Balaban J connectivity index is 2.21. The molecule has 0 aliphatic carbocycles. The zero-order chi connectivity index (χ0) is 14.3. The van der Waals surface area contributed by atoms with E-state index in [2.05, 4.69) is 9.97 Å². The molecule has 2 aromatic carbocycles. The number of non-ortho nitro benzene ring substituents is 1. The molecule has 3 aromatic rings. The largest absolute Gasteiger partial charge is 0.338 e. The maximum absolute atomic E-state index is 13.7. The van der Waals surface area contributed by atoms with Gasteiger partial charge in [0.2, 0.25) is 0 Å². The van der Waals surface area contributed by atoms with Crippen LogP contribution in [0.1, 0.15) is 0 Å². The SMILES string of the molecule is O=[N+]([O-])c1ccc2[nH]c(-c3c(F)cccc3F)nc2c1. The molecule has 0 radical (unpaired) electrons. The molecule has 0 unspecified atom stereocenters. The van der Waals surface area contributed by atoms with Gasteiger partial charge in [0, 0.05) is 12.1 Å². The van der Waals surface area contributed by atoms with E-state index in [4.69, 9.17) is 0 Å².